The number of carbonyl (C=O) groups excluding carboxylic acids is 1. The number of ether oxygens (including phenoxy) is 1. The molecule has 0 radical (unpaired) electrons. The van der Waals surface area contributed by atoms with E-state index in [1.807, 2.05) is 60.7 Å². The van der Waals surface area contributed by atoms with Gasteiger partial charge in [0, 0.05) is 31.9 Å². The first-order valence-corrected chi connectivity index (χ1v) is 12.3. The summed E-state index contributed by atoms with van der Waals surface area (Å²) in [6.45, 7) is 6.18. The average Bonchev–Trinajstić information content (AvgIpc) is 3.25. The summed E-state index contributed by atoms with van der Waals surface area (Å²) in [5.74, 6) is 0.644. The minimum absolute atomic E-state index is 0.162. The summed E-state index contributed by atoms with van der Waals surface area (Å²) in [6, 6.07) is 26.6. The summed E-state index contributed by atoms with van der Waals surface area (Å²) in [5, 5.41) is 0.808. The minimum atomic E-state index is -0.162. The molecule has 0 N–H and O–H groups in total. The van der Waals surface area contributed by atoms with E-state index in [-0.39, 0.29) is 5.91 Å². The number of hydrogen-bond acceptors (Lipinski definition) is 5. The topological polar surface area (TPSA) is 45.1 Å². The SMILES string of the molecule is Cc1ccc(N2CCN(C3=NC(=O)C(=Cc4ccc(OCc5ccccc5)cc4)S3)CC2)cc1. The number of carbonyl (C=O) groups is 1. The number of rotatable bonds is 5. The Labute approximate surface area is 204 Å². The molecule has 34 heavy (non-hydrogen) atoms. The lowest BCUT2D eigenvalue weighted by atomic mass is 10.2. The smallest absolute Gasteiger partial charge is 0.286 e. The number of anilines is 1. The van der Waals surface area contributed by atoms with Crippen LogP contribution in [0.2, 0.25) is 0 Å². The van der Waals surface area contributed by atoms with Gasteiger partial charge < -0.3 is 14.5 Å². The van der Waals surface area contributed by atoms with Crippen molar-refractivity contribution in [1.29, 1.82) is 0 Å². The number of nitrogens with zero attached hydrogens (tertiary/aromatic N) is 3. The molecule has 1 amide bonds. The van der Waals surface area contributed by atoms with Gasteiger partial charge in [0.25, 0.3) is 5.91 Å². The maximum atomic E-state index is 12.5. The van der Waals surface area contributed by atoms with Gasteiger partial charge in [-0.05, 0) is 60.2 Å². The van der Waals surface area contributed by atoms with E-state index in [9.17, 15) is 4.79 Å². The Morgan fingerprint density at radius 2 is 1.56 bits per heavy atom. The number of aliphatic imine (C=N–C) groups is 1. The van der Waals surface area contributed by atoms with Crippen LogP contribution >= 0.6 is 11.8 Å². The normalized spacial score (nSPS) is 17.3. The number of hydrogen-bond donors (Lipinski definition) is 0. The molecule has 1 saturated heterocycles. The second kappa shape index (κ2) is 10.2. The average molecular weight is 470 g/mol. The highest BCUT2D eigenvalue weighted by molar-refractivity contribution is 8.18. The van der Waals surface area contributed by atoms with Crippen LogP contribution in [0.3, 0.4) is 0 Å². The van der Waals surface area contributed by atoms with E-state index >= 15 is 0 Å². The molecular weight excluding hydrogens is 442 g/mol. The highest BCUT2D eigenvalue weighted by atomic mass is 32.2. The lowest BCUT2D eigenvalue weighted by molar-refractivity contribution is -0.113. The molecule has 3 aromatic carbocycles. The number of amidine groups is 1. The summed E-state index contributed by atoms with van der Waals surface area (Å²) in [5.41, 5.74) is 4.61. The van der Waals surface area contributed by atoms with Crippen LogP contribution in [0.1, 0.15) is 16.7 Å². The van der Waals surface area contributed by atoms with Crippen LogP contribution < -0.4 is 9.64 Å². The first-order valence-electron chi connectivity index (χ1n) is 11.5. The van der Waals surface area contributed by atoms with Gasteiger partial charge in [0.1, 0.15) is 12.4 Å². The molecule has 0 atom stereocenters. The standard InChI is InChI=1S/C28H27N3O2S/c1-21-7-11-24(12-8-21)30-15-17-31(18-16-30)28-29-27(32)26(34-28)19-22-9-13-25(14-10-22)33-20-23-5-3-2-4-6-23/h2-14,19H,15-18,20H2,1H3. The number of piperazine rings is 1. The van der Waals surface area contributed by atoms with Crippen LogP contribution in [0, 0.1) is 6.92 Å². The minimum Gasteiger partial charge on any atom is -0.489 e. The predicted molar refractivity (Wildman–Crippen MR) is 140 cm³/mol. The van der Waals surface area contributed by atoms with Gasteiger partial charge in [-0.15, -0.1) is 0 Å². The molecule has 172 valence electrons. The summed E-state index contributed by atoms with van der Waals surface area (Å²) in [4.78, 5) is 22.1. The molecule has 0 saturated carbocycles. The van der Waals surface area contributed by atoms with E-state index < -0.39 is 0 Å². The van der Waals surface area contributed by atoms with Gasteiger partial charge in [-0.3, -0.25) is 4.79 Å². The first kappa shape index (κ1) is 22.3. The Morgan fingerprint density at radius 3 is 2.26 bits per heavy atom. The Hall–Kier alpha value is -3.51. The van der Waals surface area contributed by atoms with Crippen molar-refractivity contribution in [2.75, 3.05) is 31.1 Å². The van der Waals surface area contributed by atoms with Crippen LogP contribution in [0.25, 0.3) is 6.08 Å². The third-order valence-electron chi connectivity index (χ3n) is 5.98. The Balaban J connectivity index is 1.16. The van der Waals surface area contributed by atoms with E-state index in [1.54, 1.807) is 0 Å². The second-order valence-electron chi connectivity index (χ2n) is 8.46. The lowest BCUT2D eigenvalue weighted by Crippen LogP contribution is -2.47. The third-order valence-corrected chi connectivity index (χ3v) is 7.03. The summed E-state index contributed by atoms with van der Waals surface area (Å²) >= 11 is 1.47. The van der Waals surface area contributed by atoms with E-state index in [0.717, 1.165) is 48.2 Å². The summed E-state index contributed by atoms with van der Waals surface area (Å²) in [7, 11) is 0. The predicted octanol–water partition coefficient (Wildman–Crippen LogP) is 5.37. The number of benzene rings is 3. The molecule has 5 nitrogen and oxygen atoms in total. The van der Waals surface area contributed by atoms with Gasteiger partial charge in [0.2, 0.25) is 0 Å². The van der Waals surface area contributed by atoms with Crippen LogP contribution in [-0.4, -0.2) is 42.2 Å². The maximum absolute atomic E-state index is 12.5. The molecule has 2 aliphatic rings. The second-order valence-corrected chi connectivity index (χ2v) is 9.47. The van der Waals surface area contributed by atoms with Gasteiger partial charge in [-0.25, -0.2) is 0 Å². The molecule has 2 aliphatic heterocycles. The largest absolute Gasteiger partial charge is 0.489 e. The fourth-order valence-corrected chi connectivity index (χ4v) is 4.96. The van der Waals surface area contributed by atoms with E-state index in [4.69, 9.17) is 4.74 Å². The maximum Gasteiger partial charge on any atom is 0.286 e. The van der Waals surface area contributed by atoms with E-state index in [0.29, 0.717) is 11.5 Å². The molecule has 0 unspecified atom stereocenters. The van der Waals surface area contributed by atoms with Crippen molar-refractivity contribution in [2.45, 2.75) is 13.5 Å². The van der Waals surface area contributed by atoms with Crippen molar-refractivity contribution >= 4 is 34.6 Å². The van der Waals surface area contributed by atoms with Crippen molar-refractivity contribution in [3.05, 3.63) is 100 Å². The van der Waals surface area contributed by atoms with Gasteiger partial charge in [-0.2, -0.15) is 4.99 Å². The van der Waals surface area contributed by atoms with Crippen LogP contribution in [0.15, 0.2) is 88.8 Å². The number of amides is 1. The zero-order valence-corrected chi connectivity index (χ0v) is 20.0. The third kappa shape index (κ3) is 5.34. The fraction of sp³-hybridized carbons (Fsp3) is 0.214. The molecule has 1 fully saturated rings. The molecular formula is C28H27N3O2S. The Morgan fingerprint density at radius 1 is 0.882 bits per heavy atom. The molecule has 0 aromatic heterocycles. The molecule has 0 spiro atoms. The van der Waals surface area contributed by atoms with Gasteiger partial charge in [-0.1, -0.05) is 60.2 Å². The quantitative estimate of drug-likeness (QED) is 0.471. The molecule has 5 rings (SSSR count). The molecule has 3 aromatic rings. The first-order chi connectivity index (χ1) is 16.6. The van der Waals surface area contributed by atoms with Gasteiger partial charge in [0.15, 0.2) is 5.17 Å². The van der Waals surface area contributed by atoms with Crippen molar-refractivity contribution in [1.82, 2.24) is 4.90 Å². The molecule has 0 aliphatic carbocycles. The van der Waals surface area contributed by atoms with Crippen molar-refractivity contribution < 1.29 is 9.53 Å². The molecule has 0 bridgehead atoms. The number of thioether (sulfide) groups is 1. The van der Waals surface area contributed by atoms with Crippen molar-refractivity contribution in [3.63, 3.8) is 0 Å². The Bertz CT molecular complexity index is 1200. The highest BCUT2D eigenvalue weighted by Gasteiger charge is 2.28. The monoisotopic (exact) mass is 469 g/mol. The van der Waals surface area contributed by atoms with Crippen LogP contribution in [0.4, 0.5) is 5.69 Å². The molecule has 2 heterocycles. The van der Waals surface area contributed by atoms with Crippen LogP contribution in [0.5, 0.6) is 5.75 Å². The fourth-order valence-electron chi connectivity index (χ4n) is 4.00. The zero-order chi connectivity index (χ0) is 23.3. The van der Waals surface area contributed by atoms with E-state index in [2.05, 4.69) is 46.0 Å². The summed E-state index contributed by atoms with van der Waals surface area (Å²) in [6.07, 6.45) is 1.91. The number of aryl methyl sites for hydroxylation is 1. The molecule has 6 heteroatoms. The van der Waals surface area contributed by atoms with Crippen LogP contribution in [-0.2, 0) is 11.4 Å². The highest BCUT2D eigenvalue weighted by Crippen LogP contribution is 2.31. The van der Waals surface area contributed by atoms with Gasteiger partial charge >= 0.3 is 0 Å². The Kier molecular flexibility index (Phi) is 6.67. The van der Waals surface area contributed by atoms with E-state index in [1.165, 1.54) is 23.0 Å². The van der Waals surface area contributed by atoms with Gasteiger partial charge in [0.05, 0.1) is 4.91 Å². The summed E-state index contributed by atoms with van der Waals surface area (Å²) < 4.78 is 5.85. The van der Waals surface area contributed by atoms with Crippen molar-refractivity contribution in [3.8, 4) is 5.75 Å². The lowest BCUT2D eigenvalue weighted by Gasteiger charge is -2.36. The zero-order valence-electron chi connectivity index (χ0n) is 19.2. The van der Waals surface area contributed by atoms with Crippen molar-refractivity contribution in [2.24, 2.45) is 4.99 Å².